The van der Waals surface area contributed by atoms with Crippen LogP contribution < -0.4 is 5.32 Å². The summed E-state index contributed by atoms with van der Waals surface area (Å²) in [6.45, 7) is 5.92. The summed E-state index contributed by atoms with van der Waals surface area (Å²) in [5.74, 6) is 1.29. The molecule has 0 aromatic heterocycles. The minimum Gasteiger partial charge on any atom is -0.364 e. The van der Waals surface area contributed by atoms with Crippen LogP contribution in [0.5, 0.6) is 0 Å². The van der Waals surface area contributed by atoms with Crippen molar-refractivity contribution in [1.29, 1.82) is 0 Å². The van der Waals surface area contributed by atoms with E-state index in [1.54, 1.807) is 0 Å². The van der Waals surface area contributed by atoms with Crippen molar-refractivity contribution in [1.82, 2.24) is 10.2 Å². The number of hydrogen-bond acceptors (Lipinski definition) is 4. The van der Waals surface area contributed by atoms with Crippen LogP contribution in [0.4, 0.5) is 0 Å². The van der Waals surface area contributed by atoms with E-state index < -0.39 is 0 Å². The highest BCUT2D eigenvalue weighted by atomic mass is 32.2. The lowest BCUT2D eigenvalue weighted by molar-refractivity contribution is 0.232. The lowest BCUT2D eigenvalue weighted by Crippen LogP contribution is -2.39. The number of piperidine rings is 1. The first-order valence-corrected chi connectivity index (χ1v) is 8.98. The van der Waals surface area contributed by atoms with Gasteiger partial charge in [0.2, 0.25) is 0 Å². The number of amidine groups is 1. The fraction of sp³-hybridized carbons (Fsp3) is 0.933. The highest BCUT2D eigenvalue weighted by Crippen LogP contribution is 2.43. The molecule has 1 saturated carbocycles. The Balaban J connectivity index is 1.37. The van der Waals surface area contributed by atoms with Gasteiger partial charge < -0.3 is 10.2 Å². The second-order valence-corrected chi connectivity index (χ2v) is 7.41. The molecule has 0 amide bonds. The molecule has 0 unspecified atom stereocenters. The summed E-state index contributed by atoms with van der Waals surface area (Å²) in [5.41, 5.74) is 0.572. The predicted octanol–water partition coefficient (Wildman–Crippen LogP) is 2.73. The number of nitrogens with zero attached hydrogens (tertiary/aromatic N) is 2. The summed E-state index contributed by atoms with van der Waals surface area (Å²) in [5, 5.41) is 4.75. The van der Waals surface area contributed by atoms with Gasteiger partial charge in [0.1, 0.15) is 0 Å². The van der Waals surface area contributed by atoms with Gasteiger partial charge in [0.05, 0.1) is 0 Å². The van der Waals surface area contributed by atoms with E-state index in [4.69, 9.17) is 4.99 Å². The quantitative estimate of drug-likeness (QED) is 0.862. The molecule has 1 spiro atoms. The standard InChI is InChI=1S/C15H27N3S/c1-4-9-18(10-5-1)11-8-16-14-17-12-15(13-19-14)6-2-3-7-15/h1-13H2,(H,16,17). The van der Waals surface area contributed by atoms with Crippen molar-refractivity contribution < 1.29 is 0 Å². The zero-order chi connectivity index (χ0) is 13.0. The maximum atomic E-state index is 4.80. The van der Waals surface area contributed by atoms with E-state index in [9.17, 15) is 0 Å². The van der Waals surface area contributed by atoms with Crippen LogP contribution in [0.3, 0.4) is 0 Å². The fourth-order valence-electron chi connectivity index (χ4n) is 3.59. The molecule has 2 heterocycles. The monoisotopic (exact) mass is 281 g/mol. The van der Waals surface area contributed by atoms with Gasteiger partial charge in [-0.25, -0.2) is 0 Å². The Hall–Kier alpha value is -0.220. The zero-order valence-corrected chi connectivity index (χ0v) is 12.8. The Morgan fingerprint density at radius 1 is 1.11 bits per heavy atom. The number of aliphatic imine (C=N–C) groups is 1. The summed E-state index contributed by atoms with van der Waals surface area (Å²) in [7, 11) is 0. The van der Waals surface area contributed by atoms with Crippen LogP contribution >= 0.6 is 11.8 Å². The predicted molar refractivity (Wildman–Crippen MR) is 84.0 cm³/mol. The van der Waals surface area contributed by atoms with Crippen molar-refractivity contribution in [2.45, 2.75) is 44.9 Å². The summed E-state index contributed by atoms with van der Waals surface area (Å²) >= 11 is 1.97. The van der Waals surface area contributed by atoms with Crippen LogP contribution in [-0.2, 0) is 0 Å². The molecule has 2 aliphatic heterocycles. The molecule has 1 saturated heterocycles. The van der Waals surface area contributed by atoms with Crippen LogP contribution in [0, 0.1) is 5.41 Å². The van der Waals surface area contributed by atoms with E-state index in [1.165, 1.54) is 75.5 Å². The van der Waals surface area contributed by atoms with Crippen LogP contribution in [0.1, 0.15) is 44.9 Å². The van der Waals surface area contributed by atoms with Crippen molar-refractivity contribution in [3.8, 4) is 0 Å². The summed E-state index contributed by atoms with van der Waals surface area (Å²) in [6.07, 6.45) is 9.86. The van der Waals surface area contributed by atoms with E-state index in [0.29, 0.717) is 5.41 Å². The summed E-state index contributed by atoms with van der Waals surface area (Å²) < 4.78 is 0. The first kappa shape index (κ1) is 13.7. The van der Waals surface area contributed by atoms with Crippen molar-refractivity contribution in [3.05, 3.63) is 0 Å². The molecule has 3 nitrogen and oxygen atoms in total. The maximum absolute atomic E-state index is 4.80. The van der Waals surface area contributed by atoms with Gasteiger partial charge in [0, 0.05) is 25.4 Å². The third-order valence-corrected chi connectivity index (χ3v) is 6.19. The van der Waals surface area contributed by atoms with Crippen LogP contribution in [-0.4, -0.2) is 48.5 Å². The van der Waals surface area contributed by atoms with Gasteiger partial charge in [-0.2, -0.15) is 0 Å². The molecule has 1 N–H and O–H groups in total. The molecule has 3 rings (SSSR count). The third kappa shape index (κ3) is 3.66. The molecular formula is C15H27N3S. The molecule has 2 fully saturated rings. The van der Waals surface area contributed by atoms with Gasteiger partial charge in [0.25, 0.3) is 0 Å². The van der Waals surface area contributed by atoms with E-state index >= 15 is 0 Å². The average Bonchev–Trinajstić information content (AvgIpc) is 2.91. The second-order valence-electron chi connectivity index (χ2n) is 6.45. The molecule has 0 aromatic rings. The van der Waals surface area contributed by atoms with Crippen LogP contribution in [0.2, 0.25) is 0 Å². The van der Waals surface area contributed by atoms with Crippen molar-refractivity contribution in [2.24, 2.45) is 10.4 Å². The van der Waals surface area contributed by atoms with Crippen LogP contribution in [0.25, 0.3) is 0 Å². The zero-order valence-electron chi connectivity index (χ0n) is 12.0. The molecule has 3 aliphatic rings. The summed E-state index contributed by atoms with van der Waals surface area (Å²) in [6, 6.07) is 0. The summed E-state index contributed by atoms with van der Waals surface area (Å²) in [4.78, 5) is 7.38. The highest BCUT2D eigenvalue weighted by molar-refractivity contribution is 8.13. The first-order chi connectivity index (χ1) is 9.36. The third-order valence-electron chi connectivity index (χ3n) is 4.89. The molecule has 4 heteroatoms. The van der Waals surface area contributed by atoms with E-state index in [-0.39, 0.29) is 0 Å². The van der Waals surface area contributed by atoms with Crippen molar-refractivity contribution in [3.63, 3.8) is 0 Å². The normalized spacial score (nSPS) is 27.5. The maximum Gasteiger partial charge on any atom is 0.156 e. The second kappa shape index (κ2) is 6.49. The first-order valence-electron chi connectivity index (χ1n) is 8.00. The molecule has 0 bridgehead atoms. The number of likely N-dealkylation sites (tertiary alicyclic amines) is 1. The van der Waals surface area contributed by atoms with Gasteiger partial charge in [0.15, 0.2) is 5.17 Å². The minimum atomic E-state index is 0.572. The molecule has 0 radical (unpaired) electrons. The van der Waals surface area contributed by atoms with Crippen molar-refractivity contribution >= 4 is 16.9 Å². The molecular weight excluding hydrogens is 254 g/mol. The SMILES string of the molecule is C1CCN(CCNC2=NCC3(CCCC3)CS2)CC1. The van der Waals surface area contributed by atoms with Crippen molar-refractivity contribution in [2.75, 3.05) is 38.5 Å². The topological polar surface area (TPSA) is 27.6 Å². The lowest BCUT2D eigenvalue weighted by atomic mass is 9.89. The number of rotatable bonds is 3. The lowest BCUT2D eigenvalue weighted by Gasteiger charge is -2.31. The smallest absolute Gasteiger partial charge is 0.156 e. The number of thioether (sulfide) groups is 1. The number of hydrogen-bond donors (Lipinski definition) is 1. The van der Waals surface area contributed by atoms with Gasteiger partial charge in [-0.3, -0.25) is 4.99 Å². The van der Waals surface area contributed by atoms with E-state index in [0.717, 1.165) is 13.1 Å². The van der Waals surface area contributed by atoms with Gasteiger partial charge in [-0.05, 0) is 44.2 Å². The average molecular weight is 281 g/mol. The minimum absolute atomic E-state index is 0.572. The Bertz CT molecular complexity index is 317. The molecule has 108 valence electrons. The largest absolute Gasteiger partial charge is 0.364 e. The molecule has 19 heavy (non-hydrogen) atoms. The van der Waals surface area contributed by atoms with E-state index in [1.807, 2.05) is 11.8 Å². The molecule has 0 aromatic carbocycles. The van der Waals surface area contributed by atoms with E-state index in [2.05, 4.69) is 10.2 Å². The molecule has 1 aliphatic carbocycles. The number of nitrogens with one attached hydrogen (secondary N) is 1. The highest BCUT2D eigenvalue weighted by Gasteiger charge is 2.36. The van der Waals surface area contributed by atoms with Crippen LogP contribution in [0.15, 0.2) is 4.99 Å². The Morgan fingerprint density at radius 2 is 1.89 bits per heavy atom. The Kier molecular flexibility index (Phi) is 4.69. The van der Waals surface area contributed by atoms with Gasteiger partial charge in [-0.1, -0.05) is 31.0 Å². The van der Waals surface area contributed by atoms with Gasteiger partial charge >= 0.3 is 0 Å². The molecule has 0 atom stereocenters. The van der Waals surface area contributed by atoms with Gasteiger partial charge in [-0.15, -0.1) is 0 Å². The Labute approximate surface area is 121 Å². The Morgan fingerprint density at radius 3 is 2.58 bits per heavy atom. The fourth-order valence-corrected chi connectivity index (χ4v) is 4.77.